The fourth-order valence-corrected chi connectivity index (χ4v) is 6.66. The van der Waals surface area contributed by atoms with Gasteiger partial charge in [-0.1, -0.05) is 28.8 Å². The van der Waals surface area contributed by atoms with E-state index in [0.29, 0.717) is 17.4 Å². The van der Waals surface area contributed by atoms with E-state index < -0.39 is 10.0 Å². The van der Waals surface area contributed by atoms with Crippen LogP contribution in [0.1, 0.15) is 64.2 Å². The van der Waals surface area contributed by atoms with Crippen molar-refractivity contribution in [2.75, 3.05) is 39.9 Å². The van der Waals surface area contributed by atoms with E-state index in [-0.39, 0.29) is 12.1 Å². The van der Waals surface area contributed by atoms with E-state index in [4.69, 9.17) is 4.74 Å². The predicted octanol–water partition coefficient (Wildman–Crippen LogP) is 4.66. The number of likely N-dealkylation sites (tertiary alicyclic amines) is 1. The molecule has 33 heavy (non-hydrogen) atoms. The van der Waals surface area contributed by atoms with Crippen molar-refractivity contribution in [1.29, 1.82) is 0 Å². The van der Waals surface area contributed by atoms with Crippen LogP contribution in [0.5, 0.6) is 0 Å². The Kier molecular flexibility index (Phi) is 11.1. The van der Waals surface area contributed by atoms with Gasteiger partial charge >= 0.3 is 0 Å². The minimum atomic E-state index is -3.46. The number of aliphatic hydroxyl groups excluding tert-OH is 1. The van der Waals surface area contributed by atoms with Gasteiger partial charge in [-0.3, -0.25) is 0 Å². The number of hydrogen-bond donors (Lipinski definition) is 1. The van der Waals surface area contributed by atoms with Crippen LogP contribution in [-0.4, -0.2) is 74.8 Å². The maximum atomic E-state index is 12.9. The third-order valence-corrected chi connectivity index (χ3v) is 9.79. The molecule has 2 fully saturated rings. The largest absolute Gasteiger partial charge is 0.396 e. The number of aliphatic hydroxyl groups is 1. The van der Waals surface area contributed by atoms with E-state index in [1.807, 2.05) is 0 Å². The lowest BCUT2D eigenvalue weighted by Crippen LogP contribution is -2.40. The van der Waals surface area contributed by atoms with Crippen molar-refractivity contribution in [2.24, 2.45) is 5.92 Å². The van der Waals surface area contributed by atoms with Crippen LogP contribution in [0.4, 0.5) is 0 Å². The summed E-state index contributed by atoms with van der Waals surface area (Å²) in [7, 11) is -1.75. The van der Waals surface area contributed by atoms with Gasteiger partial charge in [0.15, 0.2) is 0 Å². The second-order valence-corrected chi connectivity index (χ2v) is 12.6. The van der Waals surface area contributed by atoms with Crippen molar-refractivity contribution in [1.82, 2.24) is 9.21 Å². The molecule has 188 valence electrons. The standard InChI is InChI=1S/C25H41BrN2O4S/c1-27(33(30,31)25-12-6-22(26)7-13-25)23-8-10-24(11-9-23)32-19-5-3-2-4-16-28-17-14-21(20-29)15-18-28/h6-7,12-13,21,23-24,29H,2-5,8-11,14-20H2,1H3. The summed E-state index contributed by atoms with van der Waals surface area (Å²) in [5, 5.41) is 9.23. The van der Waals surface area contributed by atoms with Crippen LogP contribution in [0.15, 0.2) is 33.6 Å². The van der Waals surface area contributed by atoms with Crippen molar-refractivity contribution in [2.45, 2.75) is 81.2 Å². The lowest BCUT2D eigenvalue weighted by molar-refractivity contribution is 0.0156. The third kappa shape index (κ3) is 8.29. The van der Waals surface area contributed by atoms with Gasteiger partial charge in [0, 0.05) is 30.8 Å². The van der Waals surface area contributed by atoms with Crippen molar-refractivity contribution in [3.63, 3.8) is 0 Å². The van der Waals surface area contributed by atoms with Crippen molar-refractivity contribution < 1.29 is 18.3 Å². The molecule has 1 N–H and O–H groups in total. The first-order chi connectivity index (χ1) is 15.9. The third-order valence-electron chi connectivity index (χ3n) is 7.34. The van der Waals surface area contributed by atoms with E-state index in [1.165, 1.54) is 25.8 Å². The van der Waals surface area contributed by atoms with Gasteiger partial charge in [-0.05, 0) is 101 Å². The lowest BCUT2D eigenvalue weighted by Gasteiger charge is -2.34. The molecule has 8 heteroatoms. The molecule has 0 spiro atoms. The zero-order valence-electron chi connectivity index (χ0n) is 20.0. The number of sulfonamides is 1. The highest BCUT2D eigenvalue weighted by atomic mass is 79.9. The van der Waals surface area contributed by atoms with Gasteiger partial charge < -0.3 is 14.7 Å². The van der Waals surface area contributed by atoms with Gasteiger partial charge in [-0.15, -0.1) is 0 Å². The number of halogens is 1. The Hall–Kier alpha value is -0.510. The van der Waals surface area contributed by atoms with Crippen LogP contribution < -0.4 is 0 Å². The summed E-state index contributed by atoms with van der Waals surface area (Å²) in [5.74, 6) is 0.518. The molecular weight excluding hydrogens is 504 g/mol. The fraction of sp³-hybridized carbons (Fsp3) is 0.760. The Balaban J connectivity index is 1.25. The number of unbranched alkanes of at least 4 members (excludes halogenated alkanes) is 3. The van der Waals surface area contributed by atoms with E-state index in [9.17, 15) is 13.5 Å². The van der Waals surface area contributed by atoms with Crippen LogP contribution in [0.3, 0.4) is 0 Å². The van der Waals surface area contributed by atoms with E-state index >= 15 is 0 Å². The normalized spacial score (nSPS) is 23.3. The molecule has 2 aliphatic rings. The quantitative estimate of drug-likeness (QED) is 0.387. The number of rotatable bonds is 12. The van der Waals surface area contributed by atoms with Gasteiger partial charge in [0.25, 0.3) is 0 Å². The summed E-state index contributed by atoms with van der Waals surface area (Å²) in [6, 6.07) is 6.90. The molecule has 0 bridgehead atoms. The molecular formula is C25H41BrN2O4S. The Morgan fingerprint density at radius 2 is 1.64 bits per heavy atom. The van der Waals surface area contributed by atoms with Crippen LogP contribution in [0.2, 0.25) is 0 Å². The zero-order valence-corrected chi connectivity index (χ0v) is 22.4. The van der Waals surface area contributed by atoms with Gasteiger partial charge in [0.05, 0.1) is 11.0 Å². The first-order valence-corrected chi connectivity index (χ1v) is 14.8. The SMILES string of the molecule is CN(C1CCC(OCCCCCCN2CCC(CO)CC2)CC1)S(=O)(=O)c1ccc(Br)cc1. The summed E-state index contributed by atoms with van der Waals surface area (Å²) < 4.78 is 34.4. The Bertz CT molecular complexity index is 789. The highest BCUT2D eigenvalue weighted by Crippen LogP contribution is 2.29. The Morgan fingerprint density at radius 3 is 2.27 bits per heavy atom. The summed E-state index contributed by atoms with van der Waals surface area (Å²) in [5.41, 5.74) is 0. The fourth-order valence-electron chi connectivity index (χ4n) is 4.98. The molecule has 1 aliphatic heterocycles. The van der Waals surface area contributed by atoms with Crippen LogP contribution in [-0.2, 0) is 14.8 Å². The molecule has 0 radical (unpaired) electrons. The summed E-state index contributed by atoms with van der Waals surface area (Å²) >= 11 is 3.36. The van der Waals surface area contributed by atoms with Gasteiger partial charge in [-0.25, -0.2) is 8.42 Å². The van der Waals surface area contributed by atoms with Crippen molar-refractivity contribution in [3.8, 4) is 0 Å². The smallest absolute Gasteiger partial charge is 0.243 e. The molecule has 0 amide bonds. The molecule has 1 aliphatic carbocycles. The molecule has 1 saturated carbocycles. The minimum absolute atomic E-state index is 0.0425. The number of ether oxygens (including phenoxy) is 1. The number of benzene rings is 1. The van der Waals surface area contributed by atoms with Crippen LogP contribution >= 0.6 is 15.9 Å². The zero-order chi connectivity index (χ0) is 23.7. The van der Waals surface area contributed by atoms with Gasteiger partial charge in [-0.2, -0.15) is 4.31 Å². The van der Waals surface area contributed by atoms with Crippen molar-refractivity contribution >= 4 is 26.0 Å². The van der Waals surface area contributed by atoms with Crippen molar-refractivity contribution in [3.05, 3.63) is 28.7 Å². The Labute approximate surface area is 208 Å². The maximum Gasteiger partial charge on any atom is 0.243 e. The summed E-state index contributed by atoms with van der Waals surface area (Å²) in [6.07, 6.45) is 10.9. The highest BCUT2D eigenvalue weighted by molar-refractivity contribution is 9.10. The second-order valence-electron chi connectivity index (χ2n) is 9.66. The number of piperidine rings is 1. The van der Waals surface area contributed by atoms with E-state index in [1.54, 1.807) is 35.6 Å². The van der Waals surface area contributed by atoms with E-state index in [0.717, 1.165) is 69.1 Å². The average molecular weight is 546 g/mol. The first kappa shape index (κ1) is 27.1. The maximum absolute atomic E-state index is 12.9. The van der Waals surface area contributed by atoms with Crippen LogP contribution in [0.25, 0.3) is 0 Å². The summed E-state index contributed by atoms with van der Waals surface area (Å²) in [4.78, 5) is 2.89. The lowest BCUT2D eigenvalue weighted by atomic mass is 9.93. The molecule has 0 aromatic heterocycles. The van der Waals surface area contributed by atoms with E-state index in [2.05, 4.69) is 20.8 Å². The molecule has 6 nitrogen and oxygen atoms in total. The molecule has 3 rings (SSSR count). The Morgan fingerprint density at radius 1 is 1.00 bits per heavy atom. The molecule has 0 atom stereocenters. The molecule has 1 aromatic rings. The topological polar surface area (TPSA) is 70.1 Å². The molecule has 1 heterocycles. The first-order valence-electron chi connectivity index (χ1n) is 12.6. The molecule has 0 unspecified atom stereocenters. The minimum Gasteiger partial charge on any atom is -0.396 e. The van der Waals surface area contributed by atoms with Gasteiger partial charge in [0.2, 0.25) is 10.0 Å². The van der Waals surface area contributed by atoms with Crippen LogP contribution in [0, 0.1) is 5.92 Å². The average Bonchev–Trinajstić information content (AvgIpc) is 2.84. The monoisotopic (exact) mass is 544 g/mol. The highest BCUT2D eigenvalue weighted by Gasteiger charge is 2.31. The summed E-state index contributed by atoms with van der Waals surface area (Å²) in [6.45, 7) is 4.61. The second kappa shape index (κ2) is 13.5. The predicted molar refractivity (Wildman–Crippen MR) is 136 cm³/mol. The molecule has 1 aromatic carbocycles. The number of hydrogen-bond acceptors (Lipinski definition) is 5. The van der Waals surface area contributed by atoms with Gasteiger partial charge in [0.1, 0.15) is 0 Å². The number of nitrogens with zero attached hydrogens (tertiary/aromatic N) is 2. The molecule has 1 saturated heterocycles.